The minimum absolute atomic E-state index is 0. The number of halogens is 4. The van der Waals surface area contributed by atoms with Crippen molar-refractivity contribution in [3.8, 4) is 5.75 Å². The van der Waals surface area contributed by atoms with E-state index in [1.807, 2.05) is 0 Å². The molecule has 0 saturated carbocycles. The van der Waals surface area contributed by atoms with Gasteiger partial charge in [0.2, 0.25) is 0 Å². The van der Waals surface area contributed by atoms with E-state index in [1.54, 1.807) is 11.8 Å². The van der Waals surface area contributed by atoms with Crippen LogP contribution in [-0.2, 0) is 10.9 Å². The summed E-state index contributed by atoms with van der Waals surface area (Å²) in [5.74, 6) is 0.378. The fourth-order valence-corrected chi connectivity index (χ4v) is 2.86. The monoisotopic (exact) mass is 560 g/mol. The van der Waals surface area contributed by atoms with Crippen molar-refractivity contribution < 1.29 is 32.5 Å². The fourth-order valence-electron chi connectivity index (χ4n) is 2.86. The van der Waals surface area contributed by atoms with Crippen LogP contribution in [0.2, 0.25) is 0 Å². The van der Waals surface area contributed by atoms with Crippen molar-refractivity contribution in [2.45, 2.75) is 38.1 Å². The van der Waals surface area contributed by atoms with Gasteiger partial charge in [-0.3, -0.25) is 4.99 Å². The van der Waals surface area contributed by atoms with Crippen LogP contribution in [0.25, 0.3) is 0 Å². The van der Waals surface area contributed by atoms with E-state index in [0.29, 0.717) is 32.5 Å². The molecule has 1 heterocycles. The molecular formula is C19H28F3IN4O4. The number of hydrogen-bond acceptors (Lipinski definition) is 5. The second-order valence-electron chi connectivity index (χ2n) is 6.82. The van der Waals surface area contributed by atoms with Gasteiger partial charge < -0.3 is 30.5 Å². The summed E-state index contributed by atoms with van der Waals surface area (Å²) in [5.41, 5.74) is 5.06. The van der Waals surface area contributed by atoms with Gasteiger partial charge in [-0.25, -0.2) is 4.79 Å². The number of guanidine groups is 1. The second kappa shape index (κ2) is 12.8. The number of rotatable bonds is 7. The smallest absolute Gasteiger partial charge is 0.416 e. The molecule has 176 valence electrons. The summed E-state index contributed by atoms with van der Waals surface area (Å²) in [5, 5.41) is 13.0. The number of carbonyl (C=O) groups is 1. The molecule has 0 spiro atoms. The number of likely N-dealkylation sites (tertiary alicyclic amines) is 1. The maximum atomic E-state index is 12.5. The average Bonchev–Trinajstić information content (AvgIpc) is 2.71. The van der Waals surface area contributed by atoms with Crippen LogP contribution < -0.4 is 15.8 Å². The predicted octanol–water partition coefficient (Wildman–Crippen LogP) is 2.59. The van der Waals surface area contributed by atoms with E-state index in [4.69, 9.17) is 15.2 Å². The van der Waals surface area contributed by atoms with Gasteiger partial charge in [0, 0.05) is 19.1 Å². The molecule has 1 aromatic carbocycles. The standard InChI is InChI=1S/C19H27F3N4O4.HI/c1-2-29-18(28)26-9-7-14(8-10-26)25-17(23)24-11-15(27)12-30-16-5-3-13(4-6-16)19(20,21)22;/h3-6,14-15,27H,2,7-12H2,1H3,(H3,23,24,25);1H. The Hall–Kier alpha value is -1.96. The van der Waals surface area contributed by atoms with E-state index in [0.717, 1.165) is 12.1 Å². The average molecular weight is 560 g/mol. The Morgan fingerprint density at radius 1 is 1.32 bits per heavy atom. The van der Waals surface area contributed by atoms with Crippen molar-refractivity contribution in [2.75, 3.05) is 32.8 Å². The number of aliphatic hydroxyl groups is 1. The predicted molar refractivity (Wildman–Crippen MR) is 120 cm³/mol. The highest BCUT2D eigenvalue weighted by molar-refractivity contribution is 14.0. The number of nitrogens with zero attached hydrogens (tertiary/aromatic N) is 2. The first kappa shape index (κ1) is 27.1. The van der Waals surface area contributed by atoms with Crippen molar-refractivity contribution in [3.63, 3.8) is 0 Å². The van der Waals surface area contributed by atoms with E-state index in [2.05, 4.69) is 10.3 Å². The Morgan fingerprint density at radius 2 is 1.94 bits per heavy atom. The van der Waals surface area contributed by atoms with Crippen molar-refractivity contribution in [1.29, 1.82) is 0 Å². The number of hydrogen-bond donors (Lipinski definition) is 3. The van der Waals surface area contributed by atoms with Gasteiger partial charge in [-0.2, -0.15) is 13.2 Å². The van der Waals surface area contributed by atoms with Crippen molar-refractivity contribution in [3.05, 3.63) is 29.8 Å². The summed E-state index contributed by atoms with van der Waals surface area (Å²) < 4.78 is 47.8. The molecule has 1 amide bonds. The zero-order valence-corrected chi connectivity index (χ0v) is 19.4. The summed E-state index contributed by atoms with van der Waals surface area (Å²) >= 11 is 0. The quantitative estimate of drug-likeness (QED) is 0.269. The minimum atomic E-state index is -4.41. The number of piperidine rings is 1. The highest BCUT2D eigenvalue weighted by Gasteiger charge is 2.30. The lowest BCUT2D eigenvalue weighted by Gasteiger charge is -2.31. The molecule has 1 atom stereocenters. The maximum Gasteiger partial charge on any atom is 0.416 e. The third kappa shape index (κ3) is 9.37. The number of benzene rings is 1. The third-order valence-corrected chi connectivity index (χ3v) is 4.47. The van der Waals surface area contributed by atoms with Gasteiger partial charge in [-0.05, 0) is 44.0 Å². The molecule has 0 bridgehead atoms. The van der Waals surface area contributed by atoms with E-state index in [9.17, 15) is 23.1 Å². The van der Waals surface area contributed by atoms with Gasteiger partial charge in [0.25, 0.3) is 0 Å². The summed E-state index contributed by atoms with van der Waals surface area (Å²) in [6.07, 6.45) is -4.33. The lowest BCUT2D eigenvalue weighted by Crippen LogP contribution is -2.48. The van der Waals surface area contributed by atoms with E-state index >= 15 is 0 Å². The summed E-state index contributed by atoms with van der Waals surface area (Å²) in [6.45, 7) is 3.02. The zero-order valence-electron chi connectivity index (χ0n) is 17.1. The summed E-state index contributed by atoms with van der Waals surface area (Å²) in [4.78, 5) is 17.4. The zero-order chi connectivity index (χ0) is 22.1. The maximum absolute atomic E-state index is 12.5. The molecule has 1 saturated heterocycles. The second-order valence-corrected chi connectivity index (χ2v) is 6.82. The topological polar surface area (TPSA) is 109 Å². The van der Waals surface area contributed by atoms with Crippen molar-refractivity contribution >= 4 is 36.0 Å². The summed E-state index contributed by atoms with van der Waals surface area (Å²) in [6, 6.07) is 4.26. The number of amides is 1. The largest absolute Gasteiger partial charge is 0.491 e. The van der Waals surface area contributed by atoms with Gasteiger partial charge in [0.05, 0.1) is 18.7 Å². The Kier molecular flexibility index (Phi) is 11.2. The Bertz CT molecular complexity index is 711. The number of nitrogens with one attached hydrogen (secondary N) is 1. The molecule has 1 aliphatic heterocycles. The van der Waals surface area contributed by atoms with Crippen LogP contribution in [-0.4, -0.2) is 67.1 Å². The summed E-state index contributed by atoms with van der Waals surface area (Å²) in [7, 11) is 0. The number of ether oxygens (including phenoxy) is 2. The van der Waals surface area contributed by atoms with Gasteiger partial charge in [0.15, 0.2) is 5.96 Å². The molecule has 0 aliphatic carbocycles. The SMILES string of the molecule is CCOC(=O)N1CCC(NC(N)=NCC(O)COc2ccc(C(F)(F)F)cc2)CC1.I. The number of aliphatic hydroxyl groups excluding tert-OH is 1. The van der Waals surface area contributed by atoms with Crippen molar-refractivity contribution in [2.24, 2.45) is 10.7 Å². The van der Waals surface area contributed by atoms with Crippen LogP contribution in [0.1, 0.15) is 25.3 Å². The van der Waals surface area contributed by atoms with Crippen LogP contribution in [0.5, 0.6) is 5.75 Å². The van der Waals surface area contributed by atoms with E-state index in [-0.39, 0.29) is 61.0 Å². The number of aliphatic imine (C=N–C) groups is 1. The minimum Gasteiger partial charge on any atom is -0.491 e. The lowest BCUT2D eigenvalue weighted by atomic mass is 10.1. The molecule has 1 aromatic rings. The third-order valence-electron chi connectivity index (χ3n) is 4.47. The van der Waals surface area contributed by atoms with Gasteiger partial charge in [0.1, 0.15) is 18.5 Å². The molecular weight excluding hydrogens is 532 g/mol. The van der Waals surface area contributed by atoms with E-state index < -0.39 is 17.8 Å². The van der Waals surface area contributed by atoms with Gasteiger partial charge >= 0.3 is 12.3 Å². The molecule has 1 aliphatic rings. The Balaban J connectivity index is 0.00000480. The highest BCUT2D eigenvalue weighted by atomic mass is 127. The van der Waals surface area contributed by atoms with Crippen LogP contribution in [0, 0.1) is 0 Å². The van der Waals surface area contributed by atoms with Crippen LogP contribution in [0.15, 0.2) is 29.3 Å². The molecule has 1 fully saturated rings. The molecule has 2 rings (SSSR count). The lowest BCUT2D eigenvalue weighted by molar-refractivity contribution is -0.137. The molecule has 1 unspecified atom stereocenters. The van der Waals surface area contributed by atoms with E-state index in [1.165, 1.54) is 12.1 Å². The normalized spacial score (nSPS) is 16.3. The van der Waals surface area contributed by atoms with Gasteiger partial charge in [-0.15, -0.1) is 24.0 Å². The molecule has 12 heteroatoms. The molecule has 8 nitrogen and oxygen atoms in total. The number of nitrogens with two attached hydrogens (primary N) is 1. The Labute approximate surface area is 196 Å². The number of carbonyl (C=O) groups excluding carboxylic acids is 1. The molecule has 0 radical (unpaired) electrons. The molecule has 4 N–H and O–H groups in total. The molecule has 31 heavy (non-hydrogen) atoms. The van der Waals surface area contributed by atoms with Gasteiger partial charge in [-0.1, -0.05) is 0 Å². The van der Waals surface area contributed by atoms with Crippen LogP contribution in [0.4, 0.5) is 18.0 Å². The molecule has 0 aromatic heterocycles. The highest BCUT2D eigenvalue weighted by Crippen LogP contribution is 2.30. The first-order valence-corrected chi connectivity index (χ1v) is 9.65. The van der Waals surface area contributed by atoms with Crippen LogP contribution >= 0.6 is 24.0 Å². The first-order chi connectivity index (χ1) is 14.2. The Morgan fingerprint density at radius 3 is 2.48 bits per heavy atom. The van der Waals surface area contributed by atoms with Crippen molar-refractivity contribution in [1.82, 2.24) is 10.2 Å². The number of alkyl halides is 3. The van der Waals surface area contributed by atoms with Crippen LogP contribution in [0.3, 0.4) is 0 Å². The fraction of sp³-hybridized carbons (Fsp3) is 0.579. The first-order valence-electron chi connectivity index (χ1n) is 9.65.